The van der Waals surface area contributed by atoms with E-state index in [1.165, 1.54) is 16.8 Å². The normalized spacial score (nSPS) is 10.7. The summed E-state index contributed by atoms with van der Waals surface area (Å²) in [5.41, 5.74) is 4.55. The summed E-state index contributed by atoms with van der Waals surface area (Å²) < 4.78 is 5.84. The molecule has 0 spiro atoms. The zero-order valence-electron chi connectivity index (χ0n) is 13.8. The number of nitrogens with zero attached hydrogens (tertiary/aromatic N) is 3. The summed E-state index contributed by atoms with van der Waals surface area (Å²) in [6.45, 7) is 7.77. The van der Waals surface area contributed by atoms with Gasteiger partial charge in [-0.15, -0.1) is 10.2 Å². The third kappa shape index (κ3) is 3.59. The number of anilines is 1. The van der Waals surface area contributed by atoms with Crippen molar-refractivity contribution < 1.29 is 4.42 Å². The van der Waals surface area contributed by atoms with Crippen LogP contribution in [0.4, 0.5) is 5.69 Å². The maximum atomic E-state index is 5.84. The van der Waals surface area contributed by atoms with E-state index in [0.29, 0.717) is 18.3 Å². The summed E-state index contributed by atoms with van der Waals surface area (Å²) in [5, 5.41) is 8.38. The third-order valence-electron chi connectivity index (χ3n) is 3.81. The number of aryl methyl sites for hydroxylation is 2. The van der Waals surface area contributed by atoms with Gasteiger partial charge in [-0.2, -0.15) is 0 Å². The predicted octanol–water partition coefficient (Wildman–Crippen LogP) is 4.38. The van der Waals surface area contributed by atoms with Crippen LogP contribution >= 0.6 is 0 Å². The van der Waals surface area contributed by atoms with E-state index in [0.717, 1.165) is 12.1 Å². The average molecular weight is 307 g/mol. The summed E-state index contributed by atoms with van der Waals surface area (Å²) in [6.07, 6.45) is 0. The first kappa shape index (κ1) is 15.3. The monoisotopic (exact) mass is 307 g/mol. The van der Waals surface area contributed by atoms with Crippen LogP contribution in [0.15, 0.2) is 52.9 Å². The molecule has 4 nitrogen and oxygen atoms in total. The summed E-state index contributed by atoms with van der Waals surface area (Å²) in [5.74, 6) is 1.20. The van der Waals surface area contributed by atoms with Crippen molar-refractivity contribution in [3.05, 3.63) is 65.5 Å². The SMILES string of the molecule is CCN(Cc1nnc(-c2cccc(C)c2)o1)c1cccc(C)c1. The van der Waals surface area contributed by atoms with Gasteiger partial charge in [0, 0.05) is 17.8 Å². The molecule has 0 fully saturated rings. The Bertz CT molecular complexity index is 795. The van der Waals surface area contributed by atoms with Gasteiger partial charge in [-0.05, 0) is 50.6 Å². The maximum Gasteiger partial charge on any atom is 0.247 e. The van der Waals surface area contributed by atoms with E-state index in [9.17, 15) is 0 Å². The molecule has 2 aromatic carbocycles. The van der Waals surface area contributed by atoms with Crippen LogP contribution < -0.4 is 4.90 Å². The number of benzene rings is 2. The summed E-state index contributed by atoms with van der Waals surface area (Å²) in [4.78, 5) is 2.22. The molecule has 23 heavy (non-hydrogen) atoms. The Kier molecular flexibility index (Phi) is 4.42. The zero-order chi connectivity index (χ0) is 16.2. The van der Waals surface area contributed by atoms with E-state index in [-0.39, 0.29) is 0 Å². The predicted molar refractivity (Wildman–Crippen MR) is 92.4 cm³/mol. The Labute approximate surface area is 136 Å². The van der Waals surface area contributed by atoms with Gasteiger partial charge in [-0.1, -0.05) is 29.8 Å². The van der Waals surface area contributed by atoms with Crippen molar-refractivity contribution in [1.29, 1.82) is 0 Å². The molecule has 118 valence electrons. The van der Waals surface area contributed by atoms with E-state index in [1.54, 1.807) is 0 Å². The van der Waals surface area contributed by atoms with Crippen LogP contribution in [0.2, 0.25) is 0 Å². The molecule has 0 aliphatic heterocycles. The van der Waals surface area contributed by atoms with Gasteiger partial charge in [0.25, 0.3) is 0 Å². The minimum absolute atomic E-state index is 0.573. The lowest BCUT2D eigenvalue weighted by atomic mass is 10.1. The Morgan fingerprint density at radius 1 is 0.957 bits per heavy atom. The van der Waals surface area contributed by atoms with Crippen LogP contribution in [-0.2, 0) is 6.54 Å². The number of rotatable bonds is 5. The highest BCUT2D eigenvalue weighted by atomic mass is 16.4. The average Bonchev–Trinajstić information content (AvgIpc) is 3.01. The lowest BCUT2D eigenvalue weighted by molar-refractivity contribution is 0.499. The van der Waals surface area contributed by atoms with E-state index >= 15 is 0 Å². The van der Waals surface area contributed by atoms with Gasteiger partial charge in [0.1, 0.15) is 0 Å². The molecular formula is C19H21N3O. The molecule has 0 saturated carbocycles. The quantitative estimate of drug-likeness (QED) is 0.701. The Morgan fingerprint density at radius 2 is 1.70 bits per heavy atom. The van der Waals surface area contributed by atoms with Gasteiger partial charge in [0.2, 0.25) is 11.8 Å². The minimum atomic E-state index is 0.573. The molecule has 1 aromatic heterocycles. The third-order valence-corrected chi connectivity index (χ3v) is 3.81. The standard InChI is InChI=1S/C19H21N3O/c1-4-22(17-10-6-8-15(3)12-17)13-18-20-21-19(23-18)16-9-5-7-14(2)11-16/h5-12H,4,13H2,1-3H3. The summed E-state index contributed by atoms with van der Waals surface area (Å²) in [6, 6.07) is 16.5. The van der Waals surface area contributed by atoms with Crippen LogP contribution in [0.5, 0.6) is 0 Å². The van der Waals surface area contributed by atoms with Crippen molar-refractivity contribution >= 4 is 5.69 Å². The van der Waals surface area contributed by atoms with Crippen LogP contribution in [0.25, 0.3) is 11.5 Å². The molecule has 0 radical (unpaired) electrons. The Morgan fingerprint density at radius 3 is 2.39 bits per heavy atom. The lowest BCUT2D eigenvalue weighted by Crippen LogP contribution is -2.22. The molecule has 1 heterocycles. The van der Waals surface area contributed by atoms with Gasteiger partial charge in [0.15, 0.2) is 0 Å². The summed E-state index contributed by atoms with van der Waals surface area (Å²) >= 11 is 0. The van der Waals surface area contributed by atoms with Crippen LogP contribution in [0.1, 0.15) is 23.9 Å². The second-order valence-corrected chi connectivity index (χ2v) is 5.72. The van der Waals surface area contributed by atoms with E-state index in [1.807, 2.05) is 12.1 Å². The second-order valence-electron chi connectivity index (χ2n) is 5.72. The van der Waals surface area contributed by atoms with Crippen molar-refractivity contribution in [3.8, 4) is 11.5 Å². The number of aromatic nitrogens is 2. The first-order valence-electron chi connectivity index (χ1n) is 7.86. The lowest BCUT2D eigenvalue weighted by Gasteiger charge is -2.21. The fourth-order valence-corrected chi connectivity index (χ4v) is 2.59. The van der Waals surface area contributed by atoms with Crippen molar-refractivity contribution in [3.63, 3.8) is 0 Å². The fourth-order valence-electron chi connectivity index (χ4n) is 2.59. The molecule has 0 aliphatic carbocycles. The Balaban J connectivity index is 1.80. The topological polar surface area (TPSA) is 42.2 Å². The van der Waals surface area contributed by atoms with Gasteiger partial charge in [-0.25, -0.2) is 0 Å². The van der Waals surface area contributed by atoms with Crippen LogP contribution in [-0.4, -0.2) is 16.7 Å². The van der Waals surface area contributed by atoms with E-state index in [2.05, 4.69) is 72.3 Å². The maximum absolute atomic E-state index is 5.84. The highest BCUT2D eigenvalue weighted by Gasteiger charge is 2.12. The molecule has 0 amide bonds. The molecule has 3 rings (SSSR count). The van der Waals surface area contributed by atoms with Gasteiger partial charge < -0.3 is 9.32 Å². The Hall–Kier alpha value is -2.62. The molecule has 0 saturated heterocycles. The highest BCUT2D eigenvalue weighted by molar-refractivity contribution is 5.53. The van der Waals surface area contributed by atoms with Crippen LogP contribution in [0.3, 0.4) is 0 Å². The first-order valence-corrected chi connectivity index (χ1v) is 7.86. The molecule has 0 atom stereocenters. The molecule has 0 unspecified atom stereocenters. The van der Waals surface area contributed by atoms with E-state index in [4.69, 9.17) is 4.42 Å². The van der Waals surface area contributed by atoms with Gasteiger partial charge >= 0.3 is 0 Å². The number of hydrogen-bond acceptors (Lipinski definition) is 4. The minimum Gasteiger partial charge on any atom is -0.419 e. The van der Waals surface area contributed by atoms with Crippen molar-refractivity contribution in [2.24, 2.45) is 0 Å². The first-order chi connectivity index (χ1) is 11.2. The molecule has 4 heteroatoms. The molecule has 3 aromatic rings. The molecule has 0 bridgehead atoms. The fraction of sp³-hybridized carbons (Fsp3) is 0.263. The smallest absolute Gasteiger partial charge is 0.247 e. The van der Waals surface area contributed by atoms with Crippen molar-refractivity contribution in [2.75, 3.05) is 11.4 Å². The van der Waals surface area contributed by atoms with Crippen LogP contribution in [0, 0.1) is 13.8 Å². The summed E-state index contributed by atoms with van der Waals surface area (Å²) in [7, 11) is 0. The largest absolute Gasteiger partial charge is 0.419 e. The second kappa shape index (κ2) is 6.65. The van der Waals surface area contributed by atoms with Crippen molar-refractivity contribution in [2.45, 2.75) is 27.3 Å². The van der Waals surface area contributed by atoms with E-state index < -0.39 is 0 Å². The molecular weight excluding hydrogens is 286 g/mol. The van der Waals surface area contributed by atoms with Gasteiger partial charge in [0.05, 0.1) is 6.54 Å². The molecule has 0 aliphatic rings. The van der Waals surface area contributed by atoms with Gasteiger partial charge in [-0.3, -0.25) is 0 Å². The zero-order valence-corrected chi connectivity index (χ0v) is 13.8. The van der Waals surface area contributed by atoms with Crippen molar-refractivity contribution in [1.82, 2.24) is 10.2 Å². The highest BCUT2D eigenvalue weighted by Crippen LogP contribution is 2.21. The molecule has 0 N–H and O–H groups in total. The number of hydrogen-bond donors (Lipinski definition) is 0.